The molecule has 0 spiro atoms. The van der Waals surface area contributed by atoms with Gasteiger partial charge in [0.05, 0.1) is 6.61 Å². The molecular formula is C9H11OS. The maximum Gasteiger partial charge on any atom is 0.127 e. The molecular weight excluding hydrogens is 156 g/mol. The van der Waals surface area contributed by atoms with Gasteiger partial charge in [-0.2, -0.15) is 11.8 Å². The minimum absolute atomic E-state index is 0.766. The molecule has 1 aromatic carbocycles. The summed E-state index contributed by atoms with van der Waals surface area (Å²) in [5, 5.41) is 0. The molecule has 1 aromatic rings. The van der Waals surface area contributed by atoms with Gasteiger partial charge < -0.3 is 4.74 Å². The van der Waals surface area contributed by atoms with Crippen molar-refractivity contribution >= 4 is 11.8 Å². The van der Waals surface area contributed by atoms with Gasteiger partial charge in [-0.15, -0.1) is 0 Å². The fraction of sp³-hybridized carbons (Fsp3) is 0.333. The molecule has 1 rings (SSSR count). The van der Waals surface area contributed by atoms with E-state index in [-0.39, 0.29) is 0 Å². The summed E-state index contributed by atoms with van der Waals surface area (Å²) in [6.07, 6.45) is 2.07. The third kappa shape index (κ3) is 3.33. The summed E-state index contributed by atoms with van der Waals surface area (Å²) in [7, 11) is 0. The van der Waals surface area contributed by atoms with Crippen molar-refractivity contribution in [3.63, 3.8) is 0 Å². The first-order valence-corrected chi connectivity index (χ1v) is 4.91. The van der Waals surface area contributed by atoms with E-state index in [1.165, 1.54) is 0 Å². The van der Waals surface area contributed by atoms with E-state index >= 15 is 0 Å². The van der Waals surface area contributed by atoms with Gasteiger partial charge in [0.15, 0.2) is 0 Å². The minimum Gasteiger partial charge on any atom is -0.492 e. The normalized spacial score (nSPS) is 9.55. The van der Waals surface area contributed by atoms with Gasteiger partial charge >= 0.3 is 0 Å². The zero-order chi connectivity index (χ0) is 7.94. The molecule has 1 radical (unpaired) electrons. The molecule has 0 saturated heterocycles. The molecule has 0 amide bonds. The van der Waals surface area contributed by atoms with Crippen LogP contribution in [-0.4, -0.2) is 18.6 Å². The molecule has 0 N–H and O–H groups in total. The van der Waals surface area contributed by atoms with Gasteiger partial charge in [-0.05, 0) is 12.3 Å². The van der Waals surface area contributed by atoms with Gasteiger partial charge in [-0.3, -0.25) is 0 Å². The Morgan fingerprint density at radius 2 is 2.45 bits per heavy atom. The highest BCUT2D eigenvalue weighted by molar-refractivity contribution is 7.98. The number of para-hydroxylation sites is 1. The van der Waals surface area contributed by atoms with E-state index in [2.05, 4.69) is 12.3 Å². The molecule has 0 aromatic heterocycles. The number of ether oxygens (including phenoxy) is 1. The van der Waals surface area contributed by atoms with Crippen LogP contribution in [0.1, 0.15) is 0 Å². The van der Waals surface area contributed by atoms with Crippen LogP contribution in [0, 0.1) is 6.07 Å². The molecule has 0 unspecified atom stereocenters. The first kappa shape index (κ1) is 8.47. The summed E-state index contributed by atoms with van der Waals surface area (Å²) in [6.45, 7) is 0.766. The van der Waals surface area contributed by atoms with Crippen molar-refractivity contribution in [3.05, 3.63) is 30.3 Å². The SMILES string of the molecule is CSCCOc1[c]cccc1. The molecule has 0 saturated carbocycles. The Bertz CT molecular complexity index is 186. The fourth-order valence-corrected chi connectivity index (χ4v) is 0.952. The van der Waals surface area contributed by atoms with Crippen molar-refractivity contribution in [2.75, 3.05) is 18.6 Å². The fourth-order valence-electron chi connectivity index (χ4n) is 0.702. The molecule has 0 aliphatic rings. The Hall–Kier alpha value is -0.630. The van der Waals surface area contributed by atoms with E-state index in [1.54, 1.807) is 11.8 Å². The molecule has 59 valence electrons. The average molecular weight is 167 g/mol. The highest BCUT2D eigenvalue weighted by Gasteiger charge is 1.89. The second kappa shape index (κ2) is 5.08. The van der Waals surface area contributed by atoms with Gasteiger partial charge in [0.25, 0.3) is 0 Å². The molecule has 1 nitrogen and oxygen atoms in total. The Morgan fingerprint density at radius 3 is 3.09 bits per heavy atom. The van der Waals surface area contributed by atoms with Gasteiger partial charge in [-0.1, -0.05) is 18.2 Å². The van der Waals surface area contributed by atoms with Gasteiger partial charge in [0.1, 0.15) is 5.75 Å². The first-order valence-electron chi connectivity index (χ1n) is 3.52. The summed E-state index contributed by atoms with van der Waals surface area (Å²) in [5.41, 5.74) is 0. The van der Waals surface area contributed by atoms with E-state index in [0.29, 0.717) is 0 Å². The van der Waals surface area contributed by atoms with E-state index in [0.717, 1.165) is 18.1 Å². The van der Waals surface area contributed by atoms with Gasteiger partial charge in [-0.25, -0.2) is 0 Å². The predicted molar refractivity (Wildman–Crippen MR) is 49.2 cm³/mol. The maximum absolute atomic E-state index is 5.37. The second-order valence-electron chi connectivity index (χ2n) is 2.07. The highest BCUT2D eigenvalue weighted by atomic mass is 32.2. The van der Waals surface area contributed by atoms with Crippen molar-refractivity contribution in [1.82, 2.24) is 0 Å². The third-order valence-electron chi connectivity index (χ3n) is 1.23. The second-order valence-corrected chi connectivity index (χ2v) is 3.05. The van der Waals surface area contributed by atoms with Crippen LogP contribution in [0.25, 0.3) is 0 Å². The lowest BCUT2D eigenvalue weighted by atomic mass is 10.3. The van der Waals surface area contributed by atoms with Crippen LogP contribution in [0.15, 0.2) is 24.3 Å². The van der Waals surface area contributed by atoms with Crippen molar-refractivity contribution in [2.45, 2.75) is 0 Å². The lowest BCUT2D eigenvalue weighted by Crippen LogP contribution is -1.98. The molecule has 0 heterocycles. The number of hydrogen-bond acceptors (Lipinski definition) is 2. The smallest absolute Gasteiger partial charge is 0.127 e. The largest absolute Gasteiger partial charge is 0.492 e. The molecule has 0 atom stereocenters. The third-order valence-corrected chi connectivity index (χ3v) is 1.80. The number of hydrogen-bond donors (Lipinski definition) is 0. The summed E-state index contributed by atoms with van der Waals surface area (Å²) >= 11 is 1.78. The zero-order valence-corrected chi connectivity index (χ0v) is 7.36. The van der Waals surface area contributed by atoms with Crippen LogP contribution in [0.3, 0.4) is 0 Å². The zero-order valence-electron chi connectivity index (χ0n) is 6.54. The van der Waals surface area contributed by atoms with Crippen LogP contribution in [-0.2, 0) is 0 Å². The quantitative estimate of drug-likeness (QED) is 0.636. The van der Waals surface area contributed by atoms with Gasteiger partial charge in [0, 0.05) is 11.8 Å². The van der Waals surface area contributed by atoms with Gasteiger partial charge in [0.2, 0.25) is 0 Å². The number of thioether (sulfide) groups is 1. The number of rotatable bonds is 4. The molecule has 0 bridgehead atoms. The highest BCUT2D eigenvalue weighted by Crippen LogP contribution is 2.07. The Balaban J connectivity index is 2.28. The predicted octanol–water partition coefficient (Wildman–Crippen LogP) is 2.23. The van der Waals surface area contributed by atoms with Crippen LogP contribution >= 0.6 is 11.8 Å². The lowest BCUT2D eigenvalue weighted by molar-refractivity contribution is 0.343. The van der Waals surface area contributed by atoms with Crippen molar-refractivity contribution in [2.24, 2.45) is 0 Å². The first-order chi connectivity index (χ1) is 5.43. The van der Waals surface area contributed by atoms with E-state index < -0.39 is 0 Å². The molecule has 0 fully saturated rings. The Labute approximate surface area is 71.8 Å². The standard InChI is InChI=1S/C9H11OS/c1-11-8-7-10-9-5-3-2-4-6-9/h2-5H,7-8H2,1H3. The topological polar surface area (TPSA) is 9.23 Å². The van der Waals surface area contributed by atoms with E-state index in [1.807, 2.05) is 24.3 Å². The average Bonchev–Trinajstić information content (AvgIpc) is 2.07. The number of benzene rings is 1. The summed E-state index contributed by atoms with van der Waals surface area (Å²) < 4.78 is 5.37. The molecule has 0 aliphatic heterocycles. The lowest BCUT2D eigenvalue weighted by Gasteiger charge is -2.02. The Kier molecular flexibility index (Phi) is 3.91. The maximum atomic E-state index is 5.37. The van der Waals surface area contributed by atoms with Crippen LogP contribution in [0.5, 0.6) is 5.75 Å². The van der Waals surface area contributed by atoms with Crippen molar-refractivity contribution in [1.29, 1.82) is 0 Å². The summed E-state index contributed by atoms with van der Waals surface area (Å²) in [4.78, 5) is 0. The molecule has 11 heavy (non-hydrogen) atoms. The summed E-state index contributed by atoms with van der Waals surface area (Å²) in [6, 6.07) is 10.6. The van der Waals surface area contributed by atoms with Crippen molar-refractivity contribution < 1.29 is 4.74 Å². The van der Waals surface area contributed by atoms with Crippen LogP contribution in [0.2, 0.25) is 0 Å². The molecule has 0 aliphatic carbocycles. The monoisotopic (exact) mass is 167 g/mol. The Morgan fingerprint density at radius 1 is 1.55 bits per heavy atom. The van der Waals surface area contributed by atoms with E-state index in [4.69, 9.17) is 4.74 Å². The van der Waals surface area contributed by atoms with Crippen molar-refractivity contribution in [3.8, 4) is 5.75 Å². The van der Waals surface area contributed by atoms with E-state index in [9.17, 15) is 0 Å². The van der Waals surface area contributed by atoms with Crippen LogP contribution < -0.4 is 4.74 Å². The molecule has 2 heteroatoms. The summed E-state index contributed by atoms with van der Waals surface area (Å²) in [5.74, 6) is 1.87. The minimum atomic E-state index is 0.766. The van der Waals surface area contributed by atoms with Crippen LogP contribution in [0.4, 0.5) is 0 Å².